The van der Waals surface area contributed by atoms with E-state index in [4.69, 9.17) is 5.73 Å². The van der Waals surface area contributed by atoms with Gasteiger partial charge in [0.2, 0.25) is 0 Å². The molecular formula is C14H25N3. The second-order valence-electron chi connectivity index (χ2n) is 4.36. The van der Waals surface area contributed by atoms with Crippen LogP contribution in [0.15, 0.2) is 24.3 Å². The number of unbranched alkanes of at least 4 members (excludes halogenated alkanes) is 3. The number of rotatable bonds is 9. The summed E-state index contributed by atoms with van der Waals surface area (Å²) in [6.45, 7) is 5.33. The Labute approximate surface area is 105 Å². The Morgan fingerprint density at radius 2 is 1.71 bits per heavy atom. The lowest BCUT2D eigenvalue weighted by Crippen LogP contribution is -2.23. The van der Waals surface area contributed by atoms with E-state index >= 15 is 0 Å². The van der Waals surface area contributed by atoms with E-state index in [-0.39, 0.29) is 0 Å². The fourth-order valence-corrected chi connectivity index (χ4v) is 1.70. The SMILES string of the molecule is CCCCCCNCCNc1ccc(N)cc1. The van der Waals surface area contributed by atoms with Crippen LogP contribution in [0.5, 0.6) is 0 Å². The molecule has 0 fully saturated rings. The van der Waals surface area contributed by atoms with Crippen molar-refractivity contribution in [3.63, 3.8) is 0 Å². The van der Waals surface area contributed by atoms with Crippen LogP contribution in [0.1, 0.15) is 32.6 Å². The Kier molecular flexibility index (Phi) is 7.23. The molecule has 0 saturated carbocycles. The van der Waals surface area contributed by atoms with Crippen LogP contribution in [-0.4, -0.2) is 19.6 Å². The fourth-order valence-electron chi connectivity index (χ4n) is 1.70. The lowest BCUT2D eigenvalue weighted by Gasteiger charge is -2.07. The number of hydrogen-bond donors (Lipinski definition) is 3. The monoisotopic (exact) mass is 235 g/mol. The van der Waals surface area contributed by atoms with Gasteiger partial charge in [-0.05, 0) is 37.2 Å². The van der Waals surface area contributed by atoms with Crippen molar-refractivity contribution in [1.29, 1.82) is 0 Å². The molecule has 0 atom stereocenters. The maximum Gasteiger partial charge on any atom is 0.0342 e. The lowest BCUT2D eigenvalue weighted by atomic mass is 10.2. The molecule has 0 saturated heterocycles. The summed E-state index contributed by atoms with van der Waals surface area (Å²) in [7, 11) is 0. The van der Waals surface area contributed by atoms with Gasteiger partial charge in [-0.15, -0.1) is 0 Å². The van der Waals surface area contributed by atoms with E-state index in [1.54, 1.807) is 0 Å². The van der Waals surface area contributed by atoms with E-state index in [1.165, 1.54) is 25.7 Å². The first-order valence-electron chi connectivity index (χ1n) is 6.63. The van der Waals surface area contributed by atoms with Crippen molar-refractivity contribution in [2.45, 2.75) is 32.6 Å². The highest BCUT2D eigenvalue weighted by Gasteiger charge is 1.91. The van der Waals surface area contributed by atoms with Gasteiger partial charge in [-0.3, -0.25) is 0 Å². The molecule has 0 spiro atoms. The molecule has 0 aliphatic rings. The third-order valence-electron chi connectivity index (χ3n) is 2.75. The largest absolute Gasteiger partial charge is 0.399 e. The third kappa shape index (κ3) is 6.84. The molecule has 1 aromatic rings. The van der Waals surface area contributed by atoms with E-state index in [0.717, 1.165) is 31.0 Å². The molecule has 4 N–H and O–H groups in total. The molecule has 0 aromatic heterocycles. The minimum atomic E-state index is 0.810. The highest BCUT2D eigenvalue weighted by molar-refractivity contribution is 5.51. The van der Waals surface area contributed by atoms with Crippen molar-refractivity contribution >= 4 is 11.4 Å². The number of benzene rings is 1. The standard InChI is InChI=1S/C14H25N3/c1-2-3-4-5-10-16-11-12-17-14-8-6-13(15)7-9-14/h6-9,16-17H,2-5,10-12,15H2,1H3. The summed E-state index contributed by atoms with van der Waals surface area (Å²) in [5.74, 6) is 0. The van der Waals surface area contributed by atoms with Crippen molar-refractivity contribution < 1.29 is 0 Å². The summed E-state index contributed by atoms with van der Waals surface area (Å²) < 4.78 is 0. The summed E-state index contributed by atoms with van der Waals surface area (Å²) in [6, 6.07) is 7.86. The molecule has 3 nitrogen and oxygen atoms in total. The summed E-state index contributed by atoms with van der Waals surface area (Å²) in [6.07, 6.45) is 5.29. The zero-order valence-corrected chi connectivity index (χ0v) is 10.8. The maximum atomic E-state index is 5.62. The summed E-state index contributed by atoms with van der Waals surface area (Å²) in [5, 5.41) is 6.79. The zero-order valence-electron chi connectivity index (χ0n) is 10.8. The topological polar surface area (TPSA) is 50.1 Å². The Bertz CT molecular complexity index is 282. The van der Waals surface area contributed by atoms with Crippen LogP contribution in [0.4, 0.5) is 11.4 Å². The van der Waals surface area contributed by atoms with E-state index in [2.05, 4.69) is 17.6 Å². The van der Waals surface area contributed by atoms with Crippen LogP contribution in [0.2, 0.25) is 0 Å². The van der Waals surface area contributed by atoms with Crippen LogP contribution < -0.4 is 16.4 Å². The zero-order chi connectivity index (χ0) is 12.3. The van der Waals surface area contributed by atoms with Crippen molar-refractivity contribution in [3.05, 3.63) is 24.3 Å². The van der Waals surface area contributed by atoms with Crippen LogP contribution in [-0.2, 0) is 0 Å². The Morgan fingerprint density at radius 3 is 2.41 bits per heavy atom. The van der Waals surface area contributed by atoms with E-state index in [1.807, 2.05) is 24.3 Å². The third-order valence-corrected chi connectivity index (χ3v) is 2.75. The van der Waals surface area contributed by atoms with Crippen molar-refractivity contribution in [1.82, 2.24) is 5.32 Å². The van der Waals surface area contributed by atoms with E-state index in [0.29, 0.717) is 0 Å². The average Bonchev–Trinajstić information content (AvgIpc) is 2.35. The van der Waals surface area contributed by atoms with Gasteiger partial charge in [-0.1, -0.05) is 26.2 Å². The average molecular weight is 235 g/mol. The molecule has 96 valence electrons. The van der Waals surface area contributed by atoms with Gasteiger partial charge in [0, 0.05) is 24.5 Å². The molecule has 0 bridgehead atoms. The van der Waals surface area contributed by atoms with Crippen molar-refractivity contribution in [2.24, 2.45) is 0 Å². The fraction of sp³-hybridized carbons (Fsp3) is 0.571. The van der Waals surface area contributed by atoms with Gasteiger partial charge in [-0.25, -0.2) is 0 Å². The number of nitrogens with one attached hydrogen (secondary N) is 2. The molecule has 0 heterocycles. The van der Waals surface area contributed by atoms with E-state index < -0.39 is 0 Å². The van der Waals surface area contributed by atoms with Crippen LogP contribution >= 0.6 is 0 Å². The summed E-state index contributed by atoms with van der Waals surface area (Å²) in [4.78, 5) is 0. The maximum absolute atomic E-state index is 5.62. The first kappa shape index (κ1) is 13.8. The molecule has 3 heteroatoms. The van der Waals surface area contributed by atoms with Gasteiger partial charge >= 0.3 is 0 Å². The number of nitrogens with two attached hydrogens (primary N) is 1. The van der Waals surface area contributed by atoms with Gasteiger partial charge < -0.3 is 16.4 Å². The minimum Gasteiger partial charge on any atom is -0.399 e. The van der Waals surface area contributed by atoms with Gasteiger partial charge in [0.1, 0.15) is 0 Å². The number of hydrogen-bond acceptors (Lipinski definition) is 3. The predicted molar refractivity (Wildman–Crippen MR) is 76.4 cm³/mol. The van der Waals surface area contributed by atoms with Crippen LogP contribution in [0.3, 0.4) is 0 Å². The minimum absolute atomic E-state index is 0.810. The van der Waals surface area contributed by atoms with Crippen LogP contribution in [0.25, 0.3) is 0 Å². The highest BCUT2D eigenvalue weighted by Crippen LogP contribution is 2.09. The molecule has 1 rings (SSSR count). The van der Waals surface area contributed by atoms with Gasteiger partial charge in [0.05, 0.1) is 0 Å². The number of nitrogen functional groups attached to an aromatic ring is 1. The lowest BCUT2D eigenvalue weighted by molar-refractivity contribution is 0.605. The van der Waals surface area contributed by atoms with Gasteiger partial charge in [0.25, 0.3) is 0 Å². The second-order valence-corrected chi connectivity index (χ2v) is 4.36. The Hall–Kier alpha value is -1.22. The number of anilines is 2. The molecule has 1 aromatic carbocycles. The Morgan fingerprint density at radius 1 is 0.941 bits per heavy atom. The first-order valence-corrected chi connectivity index (χ1v) is 6.63. The normalized spacial score (nSPS) is 10.4. The highest BCUT2D eigenvalue weighted by atomic mass is 14.9. The Balaban J connectivity index is 1.95. The quantitative estimate of drug-likeness (QED) is 0.455. The molecule has 0 amide bonds. The van der Waals surface area contributed by atoms with E-state index in [9.17, 15) is 0 Å². The molecule has 0 radical (unpaired) electrons. The van der Waals surface area contributed by atoms with Gasteiger partial charge in [-0.2, -0.15) is 0 Å². The molecular weight excluding hydrogens is 210 g/mol. The smallest absolute Gasteiger partial charge is 0.0342 e. The van der Waals surface area contributed by atoms with Crippen LogP contribution in [0, 0.1) is 0 Å². The molecule has 0 unspecified atom stereocenters. The molecule has 0 aliphatic heterocycles. The first-order chi connectivity index (χ1) is 8.33. The second kappa shape index (κ2) is 8.88. The van der Waals surface area contributed by atoms with Crippen molar-refractivity contribution in [2.75, 3.05) is 30.7 Å². The van der Waals surface area contributed by atoms with Crippen molar-refractivity contribution in [3.8, 4) is 0 Å². The summed E-state index contributed by atoms with van der Waals surface area (Å²) >= 11 is 0. The molecule has 0 aliphatic carbocycles. The summed E-state index contributed by atoms with van der Waals surface area (Å²) in [5.41, 5.74) is 7.56. The predicted octanol–water partition coefficient (Wildman–Crippen LogP) is 2.85. The molecule has 17 heavy (non-hydrogen) atoms. The van der Waals surface area contributed by atoms with Gasteiger partial charge in [0.15, 0.2) is 0 Å².